The molecule has 1 saturated heterocycles. The lowest BCUT2D eigenvalue weighted by molar-refractivity contribution is -0.118. The first-order chi connectivity index (χ1) is 9.20. The van der Waals surface area contributed by atoms with Crippen molar-refractivity contribution in [2.24, 2.45) is 5.92 Å². The molecule has 104 valence electrons. The Balaban J connectivity index is 1.96. The summed E-state index contributed by atoms with van der Waals surface area (Å²) in [6.45, 7) is 4.95. The number of carbonyl (C=O) groups is 1. The molecule has 1 aromatic rings. The van der Waals surface area contributed by atoms with Crippen LogP contribution in [0.4, 0.5) is 11.5 Å². The van der Waals surface area contributed by atoms with Gasteiger partial charge in [0.2, 0.25) is 5.91 Å². The quantitative estimate of drug-likeness (QED) is 0.855. The summed E-state index contributed by atoms with van der Waals surface area (Å²) >= 11 is 5.64. The predicted molar refractivity (Wildman–Crippen MR) is 75.8 cm³/mol. The maximum atomic E-state index is 11.7. The Morgan fingerprint density at radius 2 is 2.26 bits per heavy atom. The second-order valence-electron chi connectivity index (χ2n) is 4.55. The lowest BCUT2D eigenvalue weighted by atomic mass is 10.2. The van der Waals surface area contributed by atoms with Crippen LogP contribution in [-0.2, 0) is 9.53 Å². The summed E-state index contributed by atoms with van der Waals surface area (Å²) in [5.74, 6) is 0.925. The fourth-order valence-corrected chi connectivity index (χ4v) is 1.92. The fourth-order valence-electron chi connectivity index (χ4n) is 1.78. The topological polar surface area (TPSA) is 54.5 Å². The highest BCUT2D eigenvalue weighted by atomic mass is 35.5. The third-order valence-electron chi connectivity index (χ3n) is 3.03. The predicted octanol–water partition coefficient (Wildman–Crippen LogP) is 1.73. The van der Waals surface area contributed by atoms with Crippen molar-refractivity contribution < 1.29 is 9.53 Å². The SMILES string of the molecule is CC(CCl)C(=O)Nc1ccc(N2CCOCC2)nc1. The summed E-state index contributed by atoms with van der Waals surface area (Å²) in [5.41, 5.74) is 0.693. The number of aromatic nitrogens is 1. The van der Waals surface area contributed by atoms with Crippen molar-refractivity contribution in [3.05, 3.63) is 18.3 Å². The van der Waals surface area contributed by atoms with Crippen LogP contribution in [0.5, 0.6) is 0 Å². The van der Waals surface area contributed by atoms with Gasteiger partial charge >= 0.3 is 0 Å². The maximum absolute atomic E-state index is 11.7. The molecule has 1 unspecified atom stereocenters. The molecule has 2 heterocycles. The summed E-state index contributed by atoms with van der Waals surface area (Å²) in [6, 6.07) is 3.77. The van der Waals surface area contributed by atoms with Crippen LogP contribution < -0.4 is 10.2 Å². The summed E-state index contributed by atoms with van der Waals surface area (Å²) in [6.07, 6.45) is 1.67. The molecular formula is C13H18ClN3O2. The number of carbonyl (C=O) groups excluding carboxylic acids is 1. The molecule has 5 nitrogen and oxygen atoms in total. The van der Waals surface area contributed by atoms with E-state index in [1.54, 1.807) is 13.1 Å². The minimum atomic E-state index is -0.208. The van der Waals surface area contributed by atoms with Gasteiger partial charge < -0.3 is 15.0 Å². The number of hydrogen-bond acceptors (Lipinski definition) is 4. The first-order valence-electron chi connectivity index (χ1n) is 6.36. The summed E-state index contributed by atoms with van der Waals surface area (Å²) in [7, 11) is 0. The average Bonchev–Trinajstić information content (AvgIpc) is 2.48. The largest absolute Gasteiger partial charge is 0.378 e. The van der Waals surface area contributed by atoms with Crippen molar-refractivity contribution in [2.75, 3.05) is 42.4 Å². The molecule has 0 saturated carbocycles. The van der Waals surface area contributed by atoms with Gasteiger partial charge in [-0.3, -0.25) is 4.79 Å². The third kappa shape index (κ3) is 3.81. The van der Waals surface area contributed by atoms with Gasteiger partial charge in [-0.15, -0.1) is 11.6 Å². The molecule has 1 aliphatic rings. The zero-order valence-electron chi connectivity index (χ0n) is 10.9. The molecule has 1 aromatic heterocycles. The van der Waals surface area contributed by atoms with Gasteiger partial charge in [0, 0.05) is 24.9 Å². The van der Waals surface area contributed by atoms with E-state index < -0.39 is 0 Å². The summed E-state index contributed by atoms with van der Waals surface area (Å²) in [4.78, 5) is 18.2. The van der Waals surface area contributed by atoms with Gasteiger partial charge in [-0.05, 0) is 12.1 Å². The Kier molecular flexibility index (Phi) is 4.99. The first-order valence-corrected chi connectivity index (χ1v) is 6.89. The lowest BCUT2D eigenvalue weighted by Crippen LogP contribution is -2.36. The number of nitrogens with zero attached hydrogens (tertiary/aromatic N) is 2. The highest BCUT2D eigenvalue weighted by Crippen LogP contribution is 2.16. The van der Waals surface area contributed by atoms with Crippen LogP contribution in [-0.4, -0.2) is 43.1 Å². The zero-order chi connectivity index (χ0) is 13.7. The van der Waals surface area contributed by atoms with E-state index in [1.807, 2.05) is 12.1 Å². The molecule has 19 heavy (non-hydrogen) atoms. The van der Waals surface area contributed by atoms with Crippen molar-refractivity contribution in [2.45, 2.75) is 6.92 Å². The van der Waals surface area contributed by atoms with Gasteiger partial charge in [0.15, 0.2) is 0 Å². The molecule has 1 N–H and O–H groups in total. The Morgan fingerprint density at radius 1 is 1.53 bits per heavy atom. The number of alkyl halides is 1. The van der Waals surface area contributed by atoms with Gasteiger partial charge in [-0.25, -0.2) is 4.98 Å². The Morgan fingerprint density at radius 3 is 2.84 bits per heavy atom. The van der Waals surface area contributed by atoms with E-state index >= 15 is 0 Å². The van der Waals surface area contributed by atoms with Crippen LogP contribution in [0.15, 0.2) is 18.3 Å². The van der Waals surface area contributed by atoms with Gasteiger partial charge in [0.25, 0.3) is 0 Å². The number of pyridine rings is 1. The van der Waals surface area contributed by atoms with Crippen molar-refractivity contribution in [3.63, 3.8) is 0 Å². The molecule has 1 aliphatic heterocycles. The fraction of sp³-hybridized carbons (Fsp3) is 0.538. The second kappa shape index (κ2) is 6.73. The third-order valence-corrected chi connectivity index (χ3v) is 3.49. The number of anilines is 2. The van der Waals surface area contributed by atoms with Crippen LogP contribution >= 0.6 is 11.6 Å². The first kappa shape index (κ1) is 14.1. The maximum Gasteiger partial charge on any atom is 0.228 e. The van der Waals surface area contributed by atoms with E-state index in [1.165, 1.54) is 0 Å². The number of hydrogen-bond donors (Lipinski definition) is 1. The van der Waals surface area contributed by atoms with Crippen molar-refractivity contribution in [1.29, 1.82) is 0 Å². The number of ether oxygens (including phenoxy) is 1. The summed E-state index contributed by atoms with van der Waals surface area (Å²) in [5, 5.41) is 2.79. The molecule has 2 rings (SSSR count). The van der Waals surface area contributed by atoms with Crippen LogP contribution in [0.3, 0.4) is 0 Å². The number of halogens is 1. The van der Waals surface area contributed by atoms with E-state index in [0.717, 1.165) is 32.1 Å². The number of amides is 1. The molecule has 1 atom stereocenters. The molecule has 0 radical (unpaired) electrons. The Bertz CT molecular complexity index is 418. The van der Waals surface area contributed by atoms with E-state index in [-0.39, 0.29) is 11.8 Å². The van der Waals surface area contributed by atoms with E-state index in [0.29, 0.717) is 11.6 Å². The molecular weight excluding hydrogens is 266 g/mol. The monoisotopic (exact) mass is 283 g/mol. The van der Waals surface area contributed by atoms with E-state index in [4.69, 9.17) is 16.3 Å². The molecule has 0 bridgehead atoms. The minimum absolute atomic E-state index is 0.0871. The van der Waals surface area contributed by atoms with Crippen LogP contribution in [0, 0.1) is 5.92 Å². The Labute approximate surface area is 117 Å². The lowest BCUT2D eigenvalue weighted by Gasteiger charge is -2.27. The van der Waals surface area contributed by atoms with Gasteiger partial charge in [0.05, 0.1) is 25.1 Å². The van der Waals surface area contributed by atoms with Crippen molar-refractivity contribution in [1.82, 2.24) is 4.98 Å². The summed E-state index contributed by atoms with van der Waals surface area (Å²) < 4.78 is 5.30. The van der Waals surface area contributed by atoms with Gasteiger partial charge in [0.1, 0.15) is 5.82 Å². The smallest absolute Gasteiger partial charge is 0.228 e. The van der Waals surface area contributed by atoms with Gasteiger partial charge in [-0.1, -0.05) is 6.92 Å². The standard InChI is InChI=1S/C13H18ClN3O2/c1-10(8-14)13(18)16-11-2-3-12(15-9-11)17-4-6-19-7-5-17/h2-3,9-10H,4-8H2,1H3,(H,16,18). The Hall–Kier alpha value is -1.33. The van der Waals surface area contributed by atoms with Crippen LogP contribution in [0.1, 0.15) is 6.92 Å². The van der Waals surface area contributed by atoms with Crippen molar-refractivity contribution in [3.8, 4) is 0 Å². The van der Waals surface area contributed by atoms with Crippen LogP contribution in [0.2, 0.25) is 0 Å². The molecule has 0 spiro atoms. The minimum Gasteiger partial charge on any atom is -0.378 e. The second-order valence-corrected chi connectivity index (χ2v) is 4.86. The molecule has 0 aliphatic carbocycles. The molecule has 6 heteroatoms. The number of morpholine rings is 1. The molecule has 0 aromatic carbocycles. The molecule has 1 fully saturated rings. The average molecular weight is 284 g/mol. The van der Waals surface area contributed by atoms with E-state index in [2.05, 4.69) is 15.2 Å². The normalized spacial score (nSPS) is 17.1. The number of rotatable bonds is 4. The highest BCUT2D eigenvalue weighted by molar-refractivity contribution is 6.19. The van der Waals surface area contributed by atoms with Crippen LogP contribution in [0.25, 0.3) is 0 Å². The molecule has 1 amide bonds. The van der Waals surface area contributed by atoms with E-state index in [9.17, 15) is 4.79 Å². The highest BCUT2D eigenvalue weighted by Gasteiger charge is 2.14. The number of nitrogens with one attached hydrogen (secondary N) is 1. The van der Waals surface area contributed by atoms with Crippen molar-refractivity contribution >= 4 is 29.0 Å². The zero-order valence-corrected chi connectivity index (χ0v) is 11.7. The van der Waals surface area contributed by atoms with Gasteiger partial charge in [-0.2, -0.15) is 0 Å².